The van der Waals surface area contributed by atoms with E-state index >= 15 is 0 Å². The van der Waals surface area contributed by atoms with E-state index in [0.717, 1.165) is 5.69 Å². The first-order valence-electron chi connectivity index (χ1n) is 4.99. The highest BCUT2D eigenvalue weighted by molar-refractivity contribution is 6.42. The Kier molecular flexibility index (Phi) is 3.22. The predicted octanol–water partition coefficient (Wildman–Crippen LogP) is 3.27. The number of nitrogens with zero attached hydrogens (tertiary/aromatic N) is 2. The van der Waals surface area contributed by atoms with Crippen molar-refractivity contribution in [3.63, 3.8) is 0 Å². The van der Waals surface area contributed by atoms with E-state index in [4.69, 9.17) is 23.2 Å². The minimum absolute atomic E-state index is 0.119. The molecule has 0 N–H and O–H groups in total. The van der Waals surface area contributed by atoms with Crippen molar-refractivity contribution in [2.24, 2.45) is 7.05 Å². The third-order valence-corrected chi connectivity index (χ3v) is 3.16. The lowest BCUT2D eigenvalue weighted by Crippen LogP contribution is -2.08. The lowest BCUT2D eigenvalue weighted by molar-refractivity contribution is 0.103. The second-order valence-electron chi connectivity index (χ2n) is 3.75. The van der Waals surface area contributed by atoms with Gasteiger partial charge in [0.1, 0.15) is 5.69 Å². The molecular formula is C12H10Cl2N2O. The highest BCUT2D eigenvalue weighted by Gasteiger charge is 2.15. The van der Waals surface area contributed by atoms with Crippen LogP contribution in [-0.4, -0.2) is 15.6 Å². The van der Waals surface area contributed by atoms with E-state index in [-0.39, 0.29) is 5.78 Å². The van der Waals surface area contributed by atoms with E-state index in [0.29, 0.717) is 21.3 Å². The maximum Gasteiger partial charge on any atom is 0.211 e. The van der Waals surface area contributed by atoms with Gasteiger partial charge in [0.15, 0.2) is 0 Å². The number of hydrogen-bond donors (Lipinski definition) is 0. The third-order valence-electron chi connectivity index (χ3n) is 2.42. The van der Waals surface area contributed by atoms with Crippen LogP contribution in [0.5, 0.6) is 0 Å². The summed E-state index contributed by atoms with van der Waals surface area (Å²) in [7, 11) is 1.73. The van der Waals surface area contributed by atoms with Gasteiger partial charge in [-0.2, -0.15) is 5.10 Å². The molecule has 0 bridgehead atoms. The number of halogens is 2. The molecule has 0 fully saturated rings. The smallest absolute Gasteiger partial charge is 0.211 e. The molecule has 2 rings (SSSR count). The monoisotopic (exact) mass is 268 g/mol. The number of benzene rings is 1. The number of rotatable bonds is 2. The Labute approximate surface area is 109 Å². The Bertz CT molecular complexity index is 590. The van der Waals surface area contributed by atoms with Crippen LogP contribution in [0.1, 0.15) is 21.7 Å². The van der Waals surface area contributed by atoms with E-state index in [1.54, 1.807) is 36.0 Å². The molecule has 0 aliphatic rings. The van der Waals surface area contributed by atoms with Crippen molar-refractivity contribution >= 4 is 29.0 Å². The fourth-order valence-corrected chi connectivity index (χ4v) is 1.91. The first kappa shape index (κ1) is 12.1. The molecule has 1 heterocycles. The molecule has 0 aliphatic heterocycles. The Morgan fingerprint density at radius 2 is 1.94 bits per heavy atom. The molecular weight excluding hydrogens is 259 g/mol. The van der Waals surface area contributed by atoms with Gasteiger partial charge in [0, 0.05) is 12.6 Å². The number of aryl methyl sites for hydroxylation is 2. The van der Waals surface area contributed by atoms with E-state index < -0.39 is 0 Å². The first-order valence-corrected chi connectivity index (χ1v) is 5.75. The summed E-state index contributed by atoms with van der Waals surface area (Å²) in [5.74, 6) is -0.119. The highest BCUT2D eigenvalue weighted by atomic mass is 35.5. The lowest BCUT2D eigenvalue weighted by atomic mass is 10.1. The molecule has 0 saturated carbocycles. The number of hydrogen-bond acceptors (Lipinski definition) is 2. The van der Waals surface area contributed by atoms with Crippen LogP contribution in [0.3, 0.4) is 0 Å². The van der Waals surface area contributed by atoms with Crippen LogP contribution in [0.15, 0.2) is 24.3 Å². The predicted molar refractivity (Wildman–Crippen MR) is 67.8 cm³/mol. The molecule has 5 heteroatoms. The van der Waals surface area contributed by atoms with Crippen molar-refractivity contribution in [2.75, 3.05) is 0 Å². The van der Waals surface area contributed by atoms with Crippen LogP contribution in [0.25, 0.3) is 0 Å². The molecule has 0 saturated heterocycles. The molecule has 1 aromatic carbocycles. The zero-order valence-corrected chi connectivity index (χ0v) is 10.9. The summed E-state index contributed by atoms with van der Waals surface area (Å²) in [4.78, 5) is 12.2. The van der Waals surface area contributed by atoms with Crippen molar-refractivity contribution in [2.45, 2.75) is 6.92 Å². The summed E-state index contributed by atoms with van der Waals surface area (Å²) in [5, 5.41) is 4.94. The maximum absolute atomic E-state index is 12.2. The largest absolute Gasteiger partial charge is 0.287 e. The molecule has 0 atom stereocenters. The standard InChI is InChI=1S/C12H10Cl2N2O/c1-7-5-11(16(2)15-7)12(17)8-3-4-9(13)10(14)6-8/h3-6H,1-2H3. The molecule has 0 unspecified atom stereocenters. The summed E-state index contributed by atoms with van der Waals surface area (Å²) < 4.78 is 1.56. The SMILES string of the molecule is Cc1cc(C(=O)c2ccc(Cl)c(Cl)c2)n(C)n1. The Morgan fingerprint density at radius 1 is 1.24 bits per heavy atom. The summed E-state index contributed by atoms with van der Waals surface area (Å²) in [6.07, 6.45) is 0. The average molecular weight is 269 g/mol. The van der Waals surface area contributed by atoms with Crippen molar-refractivity contribution in [1.82, 2.24) is 9.78 Å². The third kappa shape index (κ3) is 2.35. The van der Waals surface area contributed by atoms with Crippen molar-refractivity contribution in [3.05, 3.63) is 51.3 Å². The molecule has 88 valence electrons. The van der Waals surface area contributed by atoms with Crippen LogP contribution in [0.2, 0.25) is 10.0 Å². The van der Waals surface area contributed by atoms with Gasteiger partial charge in [-0.05, 0) is 31.2 Å². The topological polar surface area (TPSA) is 34.9 Å². The van der Waals surface area contributed by atoms with Crippen LogP contribution >= 0.6 is 23.2 Å². The Morgan fingerprint density at radius 3 is 2.47 bits per heavy atom. The van der Waals surface area contributed by atoms with Gasteiger partial charge < -0.3 is 0 Å². The van der Waals surface area contributed by atoms with Gasteiger partial charge in [0.05, 0.1) is 15.7 Å². The molecule has 0 radical (unpaired) electrons. The first-order chi connectivity index (χ1) is 7.99. The second-order valence-corrected chi connectivity index (χ2v) is 4.57. The molecule has 3 nitrogen and oxygen atoms in total. The quantitative estimate of drug-likeness (QED) is 0.784. The fraction of sp³-hybridized carbons (Fsp3) is 0.167. The van der Waals surface area contributed by atoms with Crippen molar-refractivity contribution < 1.29 is 4.79 Å². The summed E-state index contributed by atoms with van der Waals surface area (Å²) in [5.41, 5.74) is 1.83. The summed E-state index contributed by atoms with van der Waals surface area (Å²) in [6.45, 7) is 1.84. The highest BCUT2D eigenvalue weighted by Crippen LogP contribution is 2.23. The molecule has 0 amide bonds. The van der Waals surface area contributed by atoms with Crippen LogP contribution in [0.4, 0.5) is 0 Å². The number of carbonyl (C=O) groups is 1. The fourth-order valence-electron chi connectivity index (χ4n) is 1.61. The van der Waals surface area contributed by atoms with E-state index in [1.165, 1.54) is 0 Å². The Hall–Kier alpha value is -1.32. The average Bonchev–Trinajstić information content (AvgIpc) is 2.61. The van der Waals surface area contributed by atoms with Gasteiger partial charge in [-0.1, -0.05) is 23.2 Å². The molecule has 1 aromatic heterocycles. The van der Waals surface area contributed by atoms with Gasteiger partial charge in [0.2, 0.25) is 5.78 Å². The lowest BCUT2D eigenvalue weighted by Gasteiger charge is -2.02. The molecule has 17 heavy (non-hydrogen) atoms. The number of ketones is 1. The van der Waals surface area contributed by atoms with Gasteiger partial charge in [-0.3, -0.25) is 9.48 Å². The van der Waals surface area contributed by atoms with Gasteiger partial charge in [-0.25, -0.2) is 0 Å². The van der Waals surface area contributed by atoms with Crippen LogP contribution in [0, 0.1) is 6.92 Å². The number of carbonyl (C=O) groups excluding carboxylic acids is 1. The second kappa shape index (κ2) is 4.51. The number of aromatic nitrogens is 2. The van der Waals surface area contributed by atoms with E-state index in [9.17, 15) is 4.79 Å². The van der Waals surface area contributed by atoms with E-state index in [1.807, 2.05) is 6.92 Å². The Balaban J connectivity index is 2.44. The minimum atomic E-state index is -0.119. The molecule has 0 spiro atoms. The van der Waals surface area contributed by atoms with Crippen LogP contribution < -0.4 is 0 Å². The van der Waals surface area contributed by atoms with Gasteiger partial charge in [0.25, 0.3) is 0 Å². The maximum atomic E-state index is 12.2. The molecule has 2 aromatic rings. The van der Waals surface area contributed by atoms with Gasteiger partial charge in [-0.15, -0.1) is 0 Å². The normalized spacial score (nSPS) is 10.6. The molecule has 0 aliphatic carbocycles. The van der Waals surface area contributed by atoms with Crippen LogP contribution in [-0.2, 0) is 7.05 Å². The van der Waals surface area contributed by atoms with E-state index in [2.05, 4.69) is 5.10 Å². The zero-order chi connectivity index (χ0) is 12.6. The van der Waals surface area contributed by atoms with Crippen molar-refractivity contribution in [3.8, 4) is 0 Å². The summed E-state index contributed by atoms with van der Waals surface area (Å²) in [6, 6.07) is 6.57. The van der Waals surface area contributed by atoms with Crippen molar-refractivity contribution in [1.29, 1.82) is 0 Å². The van der Waals surface area contributed by atoms with Gasteiger partial charge >= 0.3 is 0 Å². The summed E-state index contributed by atoms with van der Waals surface area (Å²) >= 11 is 11.7. The minimum Gasteiger partial charge on any atom is -0.287 e. The zero-order valence-electron chi connectivity index (χ0n) is 9.37.